The molecule has 3 aromatic rings. The van der Waals surface area contributed by atoms with Crippen LogP contribution in [0.25, 0.3) is 10.8 Å². The molecule has 1 fully saturated rings. The molecule has 25 heavy (non-hydrogen) atoms. The van der Waals surface area contributed by atoms with E-state index in [-0.39, 0.29) is 12.6 Å². The molecule has 0 aliphatic carbocycles. The molecule has 1 aromatic carbocycles. The fourth-order valence-corrected chi connectivity index (χ4v) is 3.00. The van der Waals surface area contributed by atoms with Gasteiger partial charge in [-0.3, -0.25) is 14.8 Å². The SMILES string of the molecule is N#C[C@@H]1CN(c2ccc(F)nc2)C(=O)N1c1cncc2ccccc12. The number of urea groups is 1. The maximum atomic E-state index is 13.0. The Balaban J connectivity index is 1.80. The monoisotopic (exact) mass is 333 g/mol. The number of carbonyl (C=O) groups excluding carboxylic acids is 1. The van der Waals surface area contributed by atoms with E-state index in [0.29, 0.717) is 11.4 Å². The summed E-state index contributed by atoms with van der Waals surface area (Å²) in [5.74, 6) is -0.623. The number of halogens is 1. The Morgan fingerprint density at radius 1 is 1.16 bits per heavy atom. The molecule has 0 saturated carbocycles. The molecule has 0 spiro atoms. The van der Waals surface area contributed by atoms with E-state index in [1.54, 1.807) is 12.4 Å². The molecule has 122 valence electrons. The second-order valence-electron chi connectivity index (χ2n) is 5.63. The second-order valence-corrected chi connectivity index (χ2v) is 5.63. The normalized spacial score (nSPS) is 17.1. The number of nitrogens with zero attached hydrogens (tertiary/aromatic N) is 5. The summed E-state index contributed by atoms with van der Waals surface area (Å²) in [7, 11) is 0. The number of anilines is 2. The average molecular weight is 333 g/mol. The third-order valence-corrected chi connectivity index (χ3v) is 4.18. The van der Waals surface area contributed by atoms with Gasteiger partial charge in [0.1, 0.15) is 6.04 Å². The fourth-order valence-electron chi connectivity index (χ4n) is 3.00. The number of rotatable bonds is 2. The van der Waals surface area contributed by atoms with Crippen molar-refractivity contribution in [2.45, 2.75) is 6.04 Å². The number of carbonyl (C=O) groups is 1. The summed E-state index contributed by atoms with van der Waals surface area (Å²) in [5, 5.41) is 11.2. The van der Waals surface area contributed by atoms with E-state index in [9.17, 15) is 14.4 Å². The molecule has 0 radical (unpaired) electrons. The third kappa shape index (κ3) is 2.44. The van der Waals surface area contributed by atoms with Crippen LogP contribution in [0, 0.1) is 17.3 Å². The van der Waals surface area contributed by atoms with Crippen molar-refractivity contribution in [1.29, 1.82) is 5.26 Å². The number of amides is 2. The minimum absolute atomic E-state index is 0.172. The Labute approximate surface area is 142 Å². The molecule has 0 N–H and O–H groups in total. The van der Waals surface area contributed by atoms with Gasteiger partial charge in [0.25, 0.3) is 0 Å². The van der Waals surface area contributed by atoms with Gasteiger partial charge in [-0.1, -0.05) is 24.3 Å². The molecule has 1 saturated heterocycles. The summed E-state index contributed by atoms with van der Waals surface area (Å²) < 4.78 is 13.0. The van der Waals surface area contributed by atoms with Crippen molar-refractivity contribution in [1.82, 2.24) is 9.97 Å². The Kier molecular flexibility index (Phi) is 3.51. The van der Waals surface area contributed by atoms with Crippen molar-refractivity contribution in [3.05, 3.63) is 60.9 Å². The fraction of sp³-hybridized carbons (Fsp3) is 0.111. The first-order valence-corrected chi connectivity index (χ1v) is 7.63. The van der Waals surface area contributed by atoms with Gasteiger partial charge < -0.3 is 0 Å². The van der Waals surface area contributed by atoms with Crippen LogP contribution >= 0.6 is 0 Å². The molecule has 2 aromatic heterocycles. The summed E-state index contributed by atoms with van der Waals surface area (Å²) in [6, 6.07) is 11.3. The highest BCUT2D eigenvalue weighted by Gasteiger charge is 2.40. The van der Waals surface area contributed by atoms with Crippen molar-refractivity contribution < 1.29 is 9.18 Å². The summed E-state index contributed by atoms with van der Waals surface area (Å²) in [6.07, 6.45) is 4.58. The minimum Gasteiger partial charge on any atom is -0.289 e. The van der Waals surface area contributed by atoms with E-state index < -0.39 is 12.0 Å². The number of nitriles is 1. The zero-order valence-electron chi connectivity index (χ0n) is 13.0. The quantitative estimate of drug-likeness (QED) is 0.676. The standard InChI is InChI=1S/C18H12FN5O/c19-17-6-5-13(9-22-17)23-11-14(7-20)24(18(23)25)16-10-21-8-12-3-1-2-4-15(12)16/h1-6,8-10,14H,11H2/t14-/m1/s1. The molecule has 4 rings (SSSR count). The molecule has 1 aliphatic heterocycles. The predicted octanol–water partition coefficient (Wildman–Crippen LogP) is 3.11. The summed E-state index contributed by atoms with van der Waals surface area (Å²) in [6.45, 7) is 0.172. The molecule has 1 atom stereocenters. The Bertz CT molecular complexity index is 993. The number of hydrogen-bond acceptors (Lipinski definition) is 4. The maximum absolute atomic E-state index is 13.0. The largest absolute Gasteiger partial charge is 0.330 e. The van der Waals surface area contributed by atoms with E-state index in [1.807, 2.05) is 24.3 Å². The van der Waals surface area contributed by atoms with Gasteiger partial charge in [-0.2, -0.15) is 9.65 Å². The Hall–Kier alpha value is -3.53. The number of aromatic nitrogens is 2. The number of fused-ring (bicyclic) bond motifs is 1. The van der Waals surface area contributed by atoms with Gasteiger partial charge in [0, 0.05) is 17.0 Å². The van der Waals surface area contributed by atoms with Crippen LogP contribution in [0.4, 0.5) is 20.6 Å². The lowest BCUT2D eigenvalue weighted by atomic mass is 10.1. The van der Waals surface area contributed by atoms with Gasteiger partial charge in [-0.25, -0.2) is 9.78 Å². The summed E-state index contributed by atoms with van der Waals surface area (Å²) >= 11 is 0. The Morgan fingerprint density at radius 3 is 2.76 bits per heavy atom. The van der Waals surface area contributed by atoms with Crippen molar-refractivity contribution in [2.75, 3.05) is 16.3 Å². The molecular weight excluding hydrogens is 321 g/mol. The minimum atomic E-state index is -0.676. The van der Waals surface area contributed by atoms with Gasteiger partial charge in [0.05, 0.1) is 36.4 Å². The second kappa shape index (κ2) is 5.83. The number of benzene rings is 1. The molecule has 0 unspecified atom stereocenters. The number of pyridine rings is 2. The van der Waals surface area contributed by atoms with Gasteiger partial charge >= 0.3 is 6.03 Å². The van der Waals surface area contributed by atoms with E-state index >= 15 is 0 Å². The topological polar surface area (TPSA) is 73.1 Å². The Morgan fingerprint density at radius 2 is 2.00 bits per heavy atom. The molecule has 6 nitrogen and oxygen atoms in total. The van der Waals surface area contributed by atoms with Crippen LogP contribution in [0.5, 0.6) is 0 Å². The molecule has 1 aliphatic rings. The first-order chi connectivity index (χ1) is 12.2. The van der Waals surface area contributed by atoms with Crippen LogP contribution in [0.1, 0.15) is 0 Å². The highest BCUT2D eigenvalue weighted by Crippen LogP contribution is 2.32. The van der Waals surface area contributed by atoms with Crippen LogP contribution < -0.4 is 9.80 Å². The number of hydrogen-bond donors (Lipinski definition) is 0. The molecule has 2 amide bonds. The third-order valence-electron chi connectivity index (χ3n) is 4.18. The maximum Gasteiger partial charge on any atom is 0.330 e. The van der Waals surface area contributed by atoms with Crippen LogP contribution in [0.15, 0.2) is 55.0 Å². The van der Waals surface area contributed by atoms with E-state index in [0.717, 1.165) is 10.8 Å². The lowest BCUT2D eigenvalue weighted by Gasteiger charge is -2.20. The first kappa shape index (κ1) is 15.0. The van der Waals surface area contributed by atoms with Crippen LogP contribution in [0.2, 0.25) is 0 Å². The highest BCUT2D eigenvalue weighted by atomic mass is 19.1. The average Bonchev–Trinajstić information content (AvgIpc) is 2.98. The van der Waals surface area contributed by atoms with Crippen LogP contribution in [0.3, 0.4) is 0 Å². The molecule has 7 heteroatoms. The van der Waals surface area contributed by atoms with Crippen molar-refractivity contribution in [3.63, 3.8) is 0 Å². The van der Waals surface area contributed by atoms with Gasteiger partial charge in [-0.15, -0.1) is 0 Å². The predicted molar refractivity (Wildman–Crippen MR) is 90.6 cm³/mol. The summed E-state index contributed by atoms with van der Waals surface area (Å²) in [4.78, 5) is 23.6. The first-order valence-electron chi connectivity index (χ1n) is 7.63. The van der Waals surface area contributed by atoms with E-state index in [4.69, 9.17) is 0 Å². The van der Waals surface area contributed by atoms with E-state index in [1.165, 1.54) is 28.1 Å². The highest BCUT2D eigenvalue weighted by molar-refractivity contribution is 6.11. The van der Waals surface area contributed by atoms with E-state index in [2.05, 4.69) is 16.0 Å². The smallest absolute Gasteiger partial charge is 0.289 e. The van der Waals surface area contributed by atoms with Crippen molar-refractivity contribution in [2.24, 2.45) is 0 Å². The molecular formula is C18H12FN5O. The molecule has 0 bridgehead atoms. The van der Waals surface area contributed by atoms with Crippen LogP contribution in [-0.2, 0) is 0 Å². The van der Waals surface area contributed by atoms with Crippen LogP contribution in [-0.4, -0.2) is 28.6 Å². The molecule has 3 heterocycles. The summed E-state index contributed by atoms with van der Waals surface area (Å²) in [5.41, 5.74) is 1.02. The van der Waals surface area contributed by atoms with Gasteiger partial charge in [-0.05, 0) is 12.1 Å². The zero-order valence-corrected chi connectivity index (χ0v) is 13.0. The lowest BCUT2D eigenvalue weighted by molar-refractivity contribution is 0.255. The van der Waals surface area contributed by atoms with Gasteiger partial charge in [0.2, 0.25) is 5.95 Å². The zero-order chi connectivity index (χ0) is 17.4. The lowest BCUT2D eigenvalue weighted by Crippen LogP contribution is -2.34. The van der Waals surface area contributed by atoms with Gasteiger partial charge in [0.15, 0.2) is 0 Å². The van der Waals surface area contributed by atoms with Crippen molar-refractivity contribution >= 4 is 28.2 Å². The van der Waals surface area contributed by atoms with Crippen molar-refractivity contribution in [3.8, 4) is 6.07 Å².